The molecule has 1 atom stereocenters. The molecule has 1 amide bonds. The summed E-state index contributed by atoms with van der Waals surface area (Å²) in [6.07, 6.45) is 2.12. The average Bonchev–Trinajstić information content (AvgIpc) is 3.05. The largest absolute Gasteiger partial charge is 0.490 e. The van der Waals surface area contributed by atoms with Gasteiger partial charge in [-0.05, 0) is 43.2 Å². The van der Waals surface area contributed by atoms with Crippen molar-refractivity contribution >= 4 is 34.8 Å². The lowest BCUT2D eigenvalue weighted by Crippen LogP contribution is -2.19. The number of hydrogen-bond donors (Lipinski definition) is 1. The van der Waals surface area contributed by atoms with Crippen molar-refractivity contribution in [3.8, 4) is 5.75 Å². The van der Waals surface area contributed by atoms with Crippen LogP contribution in [0.2, 0.25) is 10.0 Å². The first-order chi connectivity index (χ1) is 11.6. The number of nitrogens with one attached hydrogen (secondary N) is 1. The van der Waals surface area contributed by atoms with Gasteiger partial charge < -0.3 is 14.8 Å². The van der Waals surface area contributed by atoms with E-state index in [9.17, 15) is 4.79 Å². The topological polar surface area (TPSA) is 47.6 Å². The fourth-order valence-electron chi connectivity index (χ4n) is 2.56. The zero-order chi connectivity index (χ0) is 16.9. The van der Waals surface area contributed by atoms with Crippen molar-refractivity contribution in [2.24, 2.45) is 0 Å². The number of carbonyl (C=O) groups excluding carboxylic acids is 1. The maximum Gasteiger partial charge on any atom is 0.259 e. The Hall–Kier alpha value is -1.75. The van der Waals surface area contributed by atoms with Gasteiger partial charge in [0.1, 0.15) is 12.4 Å². The average molecular weight is 366 g/mol. The van der Waals surface area contributed by atoms with Crippen LogP contribution in [0.15, 0.2) is 42.5 Å². The Balaban J connectivity index is 1.71. The minimum atomic E-state index is -0.281. The van der Waals surface area contributed by atoms with Crippen molar-refractivity contribution in [3.05, 3.63) is 58.1 Å². The summed E-state index contributed by atoms with van der Waals surface area (Å²) < 4.78 is 11.3. The zero-order valence-corrected chi connectivity index (χ0v) is 14.4. The van der Waals surface area contributed by atoms with Gasteiger partial charge in [-0.1, -0.05) is 35.3 Å². The number of anilines is 1. The second-order valence-electron chi connectivity index (χ2n) is 5.55. The molecule has 4 nitrogen and oxygen atoms in total. The Morgan fingerprint density at radius 2 is 1.96 bits per heavy atom. The predicted octanol–water partition coefficient (Wildman–Crippen LogP) is 4.80. The molecule has 3 rings (SSSR count). The van der Waals surface area contributed by atoms with Crippen molar-refractivity contribution in [1.29, 1.82) is 0 Å². The van der Waals surface area contributed by atoms with E-state index in [1.807, 2.05) is 6.07 Å². The number of rotatable bonds is 5. The first-order valence-electron chi connectivity index (χ1n) is 7.73. The minimum absolute atomic E-state index is 0.0906. The van der Waals surface area contributed by atoms with Gasteiger partial charge in [0, 0.05) is 22.3 Å². The monoisotopic (exact) mass is 365 g/mol. The zero-order valence-electron chi connectivity index (χ0n) is 12.9. The van der Waals surface area contributed by atoms with E-state index in [2.05, 4.69) is 5.32 Å². The standard InChI is InChI=1S/C18H17Cl2NO3/c19-12-8-13(20)10-14(9-12)21-18(22)16-5-1-2-6-17(16)24-11-15-4-3-7-23-15/h1-2,5-6,8-10,15H,3-4,7,11H2,(H,21,22). The van der Waals surface area contributed by atoms with E-state index in [0.29, 0.717) is 33.7 Å². The summed E-state index contributed by atoms with van der Waals surface area (Å²) in [4.78, 5) is 12.5. The van der Waals surface area contributed by atoms with Crippen LogP contribution in [0.1, 0.15) is 23.2 Å². The lowest BCUT2D eigenvalue weighted by molar-refractivity contribution is 0.0673. The molecule has 1 heterocycles. The predicted molar refractivity (Wildman–Crippen MR) is 95.3 cm³/mol. The lowest BCUT2D eigenvalue weighted by atomic mass is 10.1. The van der Waals surface area contributed by atoms with Crippen molar-refractivity contribution < 1.29 is 14.3 Å². The number of ether oxygens (including phenoxy) is 2. The molecular weight excluding hydrogens is 349 g/mol. The summed E-state index contributed by atoms with van der Waals surface area (Å²) in [6.45, 7) is 1.21. The Morgan fingerprint density at radius 1 is 1.21 bits per heavy atom. The Kier molecular flexibility index (Phi) is 5.61. The fourth-order valence-corrected chi connectivity index (χ4v) is 3.09. The second kappa shape index (κ2) is 7.88. The molecule has 0 radical (unpaired) electrons. The Labute approximate surface area is 150 Å². The summed E-state index contributed by atoms with van der Waals surface area (Å²) >= 11 is 11.9. The summed E-state index contributed by atoms with van der Waals surface area (Å²) in [5.74, 6) is 0.245. The SMILES string of the molecule is O=C(Nc1cc(Cl)cc(Cl)c1)c1ccccc1OCC1CCCO1. The van der Waals surface area contributed by atoms with Gasteiger partial charge in [-0.25, -0.2) is 0 Å². The third-order valence-electron chi connectivity index (χ3n) is 3.70. The molecule has 126 valence electrons. The van der Waals surface area contributed by atoms with Crippen molar-refractivity contribution in [2.75, 3.05) is 18.5 Å². The van der Waals surface area contributed by atoms with Crippen LogP contribution in [0.3, 0.4) is 0 Å². The molecule has 1 saturated heterocycles. The van der Waals surface area contributed by atoms with Gasteiger partial charge in [-0.2, -0.15) is 0 Å². The minimum Gasteiger partial charge on any atom is -0.490 e. The van der Waals surface area contributed by atoms with Gasteiger partial charge in [-0.3, -0.25) is 4.79 Å². The lowest BCUT2D eigenvalue weighted by Gasteiger charge is -2.14. The Bertz CT molecular complexity index is 710. The Morgan fingerprint density at radius 3 is 2.67 bits per heavy atom. The van der Waals surface area contributed by atoms with E-state index in [-0.39, 0.29) is 12.0 Å². The third kappa shape index (κ3) is 4.41. The van der Waals surface area contributed by atoms with Gasteiger partial charge >= 0.3 is 0 Å². The summed E-state index contributed by atoms with van der Waals surface area (Å²) in [5, 5.41) is 3.71. The molecule has 1 aliphatic rings. The summed E-state index contributed by atoms with van der Waals surface area (Å²) in [5.41, 5.74) is 0.984. The van der Waals surface area contributed by atoms with E-state index in [1.165, 1.54) is 0 Å². The molecule has 0 spiro atoms. The molecule has 1 aliphatic heterocycles. The highest BCUT2D eigenvalue weighted by atomic mass is 35.5. The molecule has 24 heavy (non-hydrogen) atoms. The van der Waals surface area contributed by atoms with Gasteiger partial charge in [0.15, 0.2) is 0 Å². The first-order valence-corrected chi connectivity index (χ1v) is 8.48. The number of amides is 1. The van der Waals surface area contributed by atoms with Crippen LogP contribution in [0.4, 0.5) is 5.69 Å². The van der Waals surface area contributed by atoms with E-state index >= 15 is 0 Å². The van der Waals surface area contributed by atoms with Crippen LogP contribution in [-0.4, -0.2) is 25.2 Å². The number of benzene rings is 2. The summed E-state index contributed by atoms with van der Waals surface area (Å²) in [7, 11) is 0. The van der Waals surface area contributed by atoms with Crippen LogP contribution in [0, 0.1) is 0 Å². The molecule has 1 unspecified atom stereocenters. The van der Waals surface area contributed by atoms with Gasteiger partial charge in [0.05, 0.1) is 11.7 Å². The second-order valence-corrected chi connectivity index (χ2v) is 6.43. The third-order valence-corrected chi connectivity index (χ3v) is 4.14. The first kappa shape index (κ1) is 17.1. The van der Waals surface area contributed by atoms with Crippen molar-refractivity contribution in [3.63, 3.8) is 0 Å². The highest BCUT2D eigenvalue weighted by molar-refractivity contribution is 6.35. The number of para-hydroxylation sites is 1. The summed E-state index contributed by atoms with van der Waals surface area (Å²) in [6, 6.07) is 12.0. The van der Waals surface area contributed by atoms with E-state index < -0.39 is 0 Å². The van der Waals surface area contributed by atoms with Gasteiger partial charge in [0.25, 0.3) is 5.91 Å². The quantitative estimate of drug-likeness (QED) is 0.827. The molecule has 6 heteroatoms. The van der Waals surface area contributed by atoms with Gasteiger partial charge in [0.2, 0.25) is 0 Å². The van der Waals surface area contributed by atoms with Crippen LogP contribution in [0.25, 0.3) is 0 Å². The maximum absolute atomic E-state index is 12.5. The number of carbonyl (C=O) groups is 1. The molecule has 2 aromatic carbocycles. The molecule has 1 N–H and O–H groups in total. The van der Waals surface area contributed by atoms with Crippen LogP contribution >= 0.6 is 23.2 Å². The molecule has 0 aromatic heterocycles. The van der Waals surface area contributed by atoms with Crippen LogP contribution < -0.4 is 10.1 Å². The number of hydrogen-bond acceptors (Lipinski definition) is 3. The molecule has 2 aromatic rings. The normalized spacial score (nSPS) is 16.8. The molecule has 1 fully saturated rings. The van der Waals surface area contributed by atoms with Crippen LogP contribution in [-0.2, 0) is 4.74 Å². The molecular formula is C18H17Cl2NO3. The van der Waals surface area contributed by atoms with Crippen molar-refractivity contribution in [2.45, 2.75) is 18.9 Å². The highest BCUT2D eigenvalue weighted by Crippen LogP contribution is 2.25. The van der Waals surface area contributed by atoms with E-state index in [1.54, 1.807) is 36.4 Å². The number of halogens is 2. The molecule has 0 aliphatic carbocycles. The molecule has 0 bridgehead atoms. The fraction of sp³-hybridized carbons (Fsp3) is 0.278. The van der Waals surface area contributed by atoms with Crippen LogP contribution in [0.5, 0.6) is 5.75 Å². The maximum atomic E-state index is 12.5. The van der Waals surface area contributed by atoms with E-state index in [0.717, 1.165) is 19.4 Å². The highest BCUT2D eigenvalue weighted by Gasteiger charge is 2.18. The smallest absolute Gasteiger partial charge is 0.259 e. The van der Waals surface area contributed by atoms with E-state index in [4.69, 9.17) is 32.7 Å². The molecule has 0 saturated carbocycles. The van der Waals surface area contributed by atoms with Crippen molar-refractivity contribution in [1.82, 2.24) is 0 Å². The van der Waals surface area contributed by atoms with Gasteiger partial charge in [-0.15, -0.1) is 0 Å².